The zero-order valence-electron chi connectivity index (χ0n) is 23.7. The monoisotopic (exact) mass is 558 g/mol. The van der Waals surface area contributed by atoms with Crippen LogP contribution in [0.2, 0.25) is 0 Å². The summed E-state index contributed by atoms with van der Waals surface area (Å²) in [5, 5.41) is 4.31. The lowest BCUT2D eigenvalue weighted by Gasteiger charge is -2.35. The third-order valence-corrected chi connectivity index (χ3v) is 7.76. The van der Waals surface area contributed by atoms with Gasteiger partial charge in [-0.15, -0.1) is 0 Å². The van der Waals surface area contributed by atoms with Crippen LogP contribution in [0.3, 0.4) is 0 Å². The van der Waals surface area contributed by atoms with E-state index in [4.69, 9.17) is 9.40 Å². The lowest BCUT2D eigenvalue weighted by atomic mass is 9.97. The summed E-state index contributed by atoms with van der Waals surface area (Å²) in [6.07, 6.45) is 3.16. The molecule has 0 spiro atoms. The van der Waals surface area contributed by atoms with Gasteiger partial charge in [-0.3, -0.25) is 4.98 Å². The third-order valence-electron chi connectivity index (χ3n) is 7.76. The van der Waals surface area contributed by atoms with E-state index in [9.17, 15) is 4.79 Å². The van der Waals surface area contributed by atoms with Crippen molar-refractivity contribution in [3.05, 3.63) is 76.2 Å². The molecule has 8 nitrogen and oxygen atoms in total. The molecule has 0 saturated carbocycles. The highest BCUT2D eigenvalue weighted by atomic mass is 19.1. The SMILES string of the molecule is CC(C)c1ccnc(C(C)C)c1-n1c(=O)nc(N2CCNC[C@@H]2C)c2cc(F)c(-c3c(F)ccc4ccoc34)nc21. The summed E-state index contributed by atoms with van der Waals surface area (Å²) in [4.78, 5) is 30.0. The Balaban J connectivity index is 1.77. The third kappa shape index (κ3) is 4.46. The molecule has 0 radical (unpaired) electrons. The summed E-state index contributed by atoms with van der Waals surface area (Å²) in [6, 6.07) is 7.71. The second-order valence-corrected chi connectivity index (χ2v) is 11.2. The minimum atomic E-state index is -0.740. The second-order valence-electron chi connectivity index (χ2n) is 11.2. The van der Waals surface area contributed by atoms with Crippen molar-refractivity contribution in [3.8, 4) is 16.9 Å². The van der Waals surface area contributed by atoms with Gasteiger partial charge < -0.3 is 14.6 Å². The first kappa shape index (κ1) is 27.0. The highest BCUT2D eigenvalue weighted by molar-refractivity contribution is 5.95. The zero-order chi connectivity index (χ0) is 29.0. The first-order valence-electron chi connectivity index (χ1n) is 13.9. The van der Waals surface area contributed by atoms with Crippen molar-refractivity contribution in [1.29, 1.82) is 0 Å². The van der Waals surface area contributed by atoms with E-state index < -0.39 is 17.3 Å². The summed E-state index contributed by atoms with van der Waals surface area (Å²) >= 11 is 0. The number of benzene rings is 1. The molecule has 6 rings (SSSR count). The van der Waals surface area contributed by atoms with E-state index in [-0.39, 0.29) is 40.4 Å². The minimum Gasteiger partial charge on any atom is -0.464 e. The fourth-order valence-electron chi connectivity index (χ4n) is 5.70. The predicted octanol–water partition coefficient (Wildman–Crippen LogP) is 5.91. The summed E-state index contributed by atoms with van der Waals surface area (Å²) in [5.74, 6) is -1.06. The van der Waals surface area contributed by atoms with Gasteiger partial charge in [-0.1, -0.05) is 27.7 Å². The van der Waals surface area contributed by atoms with E-state index in [1.807, 2.05) is 45.6 Å². The van der Waals surface area contributed by atoms with Crippen molar-refractivity contribution >= 4 is 27.8 Å². The van der Waals surface area contributed by atoms with Crippen molar-refractivity contribution in [3.63, 3.8) is 0 Å². The summed E-state index contributed by atoms with van der Waals surface area (Å²) in [5.41, 5.74) is 1.61. The van der Waals surface area contributed by atoms with Gasteiger partial charge in [0.05, 0.1) is 28.6 Å². The number of fused-ring (bicyclic) bond motifs is 2. The molecular weight excluding hydrogens is 526 g/mol. The van der Waals surface area contributed by atoms with Gasteiger partial charge in [0.25, 0.3) is 0 Å². The van der Waals surface area contributed by atoms with Gasteiger partial charge in [0.1, 0.15) is 22.9 Å². The standard InChI is InChI=1S/C31H32F2N6O2/c1-16(2)20-8-10-35-25(17(3)4)27(20)39-30-21(29(37-31(39)40)38-12-11-34-15-18(38)5)14-23(33)26(36-30)24-22(32)7-6-19-9-13-41-28(19)24/h6-10,13-14,16-18,34H,11-12,15H2,1-5H3/t18-/m0/s1. The molecule has 1 N–H and O–H groups in total. The molecule has 1 aliphatic rings. The van der Waals surface area contributed by atoms with Crippen LogP contribution in [-0.2, 0) is 0 Å². The lowest BCUT2D eigenvalue weighted by molar-refractivity contribution is 0.497. The summed E-state index contributed by atoms with van der Waals surface area (Å²) in [6.45, 7) is 12.0. The average molecular weight is 559 g/mol. The Hall–Kier alpha value is -4.18. The largest absolute Gasteiger partial charge is 0.464 e. The van der Waals surface area contributed by atoms with Gasteiger partial charge in [0.15, 0.2) is 11.5 Å². The van der Waals surface area contributed by atoms with Gasteiger partial charge in [0, 0.05) is 37.3 Å². The van der Waals surface area contributed by atoms with Crippen LogP contribution in [0.15, 0.2) is 52.0 Å². The van der Waals surface area contributed by atoms with Gasteiger partial charge >= 0.3 is 5.69 Å². The highest BCUT2D eigenvalue weighted by Gasteiger charge is 2.29. The molecule has 5 heterocycles. The van der Waals surface area contributed by atoms with Crippen LogP contribution in [0.25, 0.3) is 38.9 Å². The molecule has 4 aromatic heterocycles. The lowest BCUT2D eigenvalue weighted by Crippen LogP contribution is -2.50. The zero-order valence-corrected chi connectivity index (χ0v) is 23.7. The molecule has 0 unspecified atom stereocenters. The van der Waals surface area contributed by atoms with Crippen LogP contribution in [0.5, 0.6) is 0 Å². The van der Waals surface area contributed by atoms with Crippen LogP contribution in [-0.4, -0.2) is 45.2 Å². The van der Waals surface area contributed by atoms with Crippen molar-refractivity contribution in [1.82, 2.24) is 24.8 Å². The van der Waals surface area contributed by atoms with Crippen LogP contribution >= 0.6 is 0 Å². The second kappa shape index (κ2) is 10.3. The smallest absolute Gasteiger partial charge is 0.355 e. The number of rotatable bonds is 5. The van der Waals surface area contributed by atoms with Gasteiger partial charge in [-0.2, -0.15) is 4.98 Å². The normalized spacial score (nSPS) is 16.0. The molecule has 1 aromatic carbocycles. The van der Waals surface area contributed by atoms with Gasteiger partial charge in [-0.05, 0) is 54.7 Å². The maximum atomic E-state index is 16.1. The Labute approximate surface area is 236 Å². The number of anilines is 1. The number of hydrogen-bond acceptors (Lipinski definition) is 7. The van der Waals surface area contributed by atoms with Crippen molar-refractivity contribution < 1.29 is 13.2 Å². The topological polar surface area (TPSA) is 89.1 Å². The Kier molecular flexibility index (Phi) is 6.81. The quantitative estimate of drug-likeness (QED) is 0.287. The summed E-state index contributed by atoms with van der Waals surface area (Å²) in [7, 11) is 0. The average Bonchev–Trinajstić information content (AvgIpc) is 3.42. The number of hydrogen-bond donors (Lipinski definition) is 1. The number of furan rings is 1. The number of piperazine rings is 1. The number of pyridine rings is 2. The first-order valence-corrected chi connectivity index (χ1v) is 13.9. The first-order chi connectivity index (χ1) is 19.7. The van der Waals surface area contributed by atoms with Crippen molar-refractivity contribution in [2.45, 2.75) is 52.5 Å². The van der Waals surface area contributed by atoms with Crippen LogP contribution in [0.4, 0.5) is 14.6 Å². The van der Waals surface area contributed by atoms with E-state index >= 15 is 8.78 Å². The molecule has 5 aromatic rings. The van der Waals surface area contributed by atoms with Gasteiger partial charge in [-0.25, -0.2) is 23.1 Å². The van der Waals surface area contributed by atoms with Crippen LogP contribution in [0, 0.1) is 11.6 Å². The van der Waals surface area contributed by atoms with Crippen LogP contribution in [0.1, 0.15) is 57.7 Å². The van der Waals surface area contributed by atoms with E-state index in [0.717, 1.165) is 5.56 Å². The number of aromatic nitrogens is 4. The molecule has 1 fully saturated rings. The molecule has 1 atom stereocenters. The summed E-state index contributed by atoms with van der Waals surface area (Å²) < 4.78 is 38.4. The molecule has 0 bridgehead atoms. The number of nitrogens with one attached hydrogen (secondary N) is 1. The van der Waals surface area contributed by atoms with E-state index in [2.05, 4.69) is 15.3 Å². The van der Waals surface area contributed by atoms with E-state index in [1.165, 1.54) is 23.0 Å². The Morgan fingerprint density at radius 3 is 2.59 bits per heavy atom. The molecule has 1 saturated heterocycles. The maximum Gasteiger partial charge on any atom is 0.355 e. The predicted molar refractivity (Wildman–Crippen MR) is 156 cm³/mol. The Morgan fingerprint density at radius 2 is 1.85 bits per heavy atom. The molecule has 212 valence electrons. The van der Waals surface area contributed by atoms with E-state index in [1.54, 1.807) is 18.3 Å². The van der Waals surface area contributed by atoms with E-state index in [0.29, 0.717) is 47.6 Å². The molecule has 10 heteroatoms. The fraction of sp³-hybridized carbons (Fsp3) is 0.355. The van der Waals surface area contributed by atoms with Crippen molar-refractivity contribution in [2.24, 2.45) is 0 Å². The molecule has 41 heavy (non-hydrogen) atoms. The Morgan fingerprint density at radius 1 is 1.05 bits per heavy atom. The van der Waals surface area contributed by atoms with Crippen LogP contribution < -0.4 is 15.9 Å². The molecular formula is C31H32F2N6O2. The minimum absolute atomic E-state index is 0.00240. The van der Waals surface area contributed by atoms with Gasteiger partial charge in [0.2, 0.25) is 0 Å². The molecule has 0 amide bonds. The number of halogens is 2. The maximum absolute atomic E-state index is 16.1. The fourth-order valence-corrected chi connectivity index (χ4v) is 5.70. The highest BCUT2D eigenvalue weighted by Crippen LogP contribution is 2.37. The number of nitrogens with zero attached hydrogens (tertiary/aromatic N) is 5. The Bertz CT molecular complexity index is 1820. The molecule has 0 aliphatic carbocycles. The molecule has 1 aliphatic heterocycles. The van der Waals surface area contributed by atoms with Crippen molar-refractivity contribution in [2.75, 3.05) is 24.5 Å².